The molecule has 0 fully saturated rings. The number of hydrogen-bond donors (Lipinski definition) is 2. The third kappa shape index (κ3) is 2.64. The Morgan fingerprint density at radius 3 is 1.77 bits per heavy atom. The zero-order valence-electron chi connectivity index (χ0n) is 18.2. The standard InChI is InChI=1S/C29H26N2/c1-17-16-20-10-4-5-11-21(20)26(17)29(27-18(2)30-24-14-8-6-12-22(24)27)28-19(3)31-25-15-9-7-13-23(25)28/h4-15,29-31H,16H2,1-3H3. The van der Waals surface area contributed by atoms with Crippen molar-refractivity contribution in [3.05, 3.63) is 112 Å². The number of H-pyrrole nitrogens is 2. The number of allylic oxidation sites excluding steroid dienone is 2. The topological polar surface area (TPSA) is 31.6 Å². The molecule has 0 bridgehead atoms. The average molecular weight is 403 g/mol. The van der Waals surface area contributed by atoms with Gasteiger partial charge < -0.3 is 9.97 Å². The van der Waals surface area contributed by atoms with Gasteiger partial charge in [-0.2, -0.15) is 0 Å². The highest BCUT2D eigenvalue weighted by Crippen LogP contribution is 2.50. The summed E-state index contributed by atoms with van der Waals surface area (Å²) in [7, 11) is 0. The van der Waals surface area contributed by atoms with Crippen molar-refractivity contribution in [2.45, 2.75) is 33.1 Å². The number of benzene rings is 3. The van der Waals surface area contributed by atoms with E-state index in [9.17, 15) is 0 Å². The lowest BCUT2D eigenvalue weighted by Gasteiger charge is -2.23. The van der Waals surface area contributed by atoms with Crippen LogP contribution in [0.2, 0.25) is 0 Å². The monoisotopic (exact) mass is 402 g/mol. The third-order valence-electron chi connectivity index (χ3n) is 6.98. The first-order valence-electron chi connectivity index (χ1n) is 11.1. The summed E-state index contributed by atoms with van der Waals surface area (Å²) < 4.78 is 0. The molecule has 0 aliphatic heterocycles. The van der Waals surface area contributed by atoms with E-state index in [-0.39, 0.29) is 5.92 Å². The van der Waals surface area contributed by atoms with Gasteiger partial charge in [-0.3, -0.25) is 0 Å². The van der Waals surface area contributed by atoms with Gasteiger partial charge in [-0.05, 0) is 67.2 Å². The van der Waals surface area contributed by atoms with Gasteiger partial charge in [0.25, 0.3) is 0 Å². The normalized spacial score (nSPS) is 13.7. The van der Waals surface area contributed by atoms with Gasteiger partial charge in [0.05, 0.1) is 0 Å². The first-order chi connectivity index (χ1) is 15.1. The Morgan fingerprint density at radius 1 is 0.645 bits per heavy atom. The highest BCUT2D eigenvalue weighted by Gasteiger charge is 2.33. The Balaban J connectivity index is 1.73. The number of aryl methyl sites for hydroxylation is 2. The van der Waals surface area contributed by atoms with Crippen LogP contribution in [0.25, 0.3) is 27.4 Å². The van der Waals surface area contributed by atoms with E-state index in [4.69, 9.17) is 0 Å². The summed E-state index contributed by atoms with van der Waals surface area (Å²) in [5, 5.41) is 2.64. The molecule has 152 valence electrons. The summed E-state index contributed by atoms with van der Waals surface area (Å²) in [5.41, 5.74) is 13.5. The van der Waals surface area contributed by atoms with Gasteiger partial charge in [0, 0.05) is 39.1 Å². The van der Waals surface area contributed by atoms with E-state index in [0.717, 1.165) is 6.42 Å². The average Bonchev–Trinajstić information content (AvgIpc) is 3.39. The van der Waals surface area contributed by atoms with Crippen molar-refractivity contribution in [3.8, 4) is 0 Å². The predicted molar refractivity (Wildman–Crippen MR) is 131 cm³/mol. The largest absolute Gasteiger partial charge is 0.358 e. The number of fused-ring (bicyclic) bond motifs is 3. The van der Waals surface area contributed by atoms with Gasteiger partial charge in [-0.25, -0.2) is 0 Å². The van der Waals surface area contributed by atoms with Crippen molar-refractivity contribution in [2.75, 3.05) is 0 Å². The van der Waals surface area contributed by atoms with Crippen LogP contribution in [0, 0.1) is 13.8 Å². The molecule has 0 spiro atoms. The summed E-state index contributed by atoms with van der Waals surface area (Å²) in [5.74, 6) is 0.177. The number of aromatic nitrogens is 2. The van der Waals surface area contributed by atoms with Crippen LogP contribution in [0.15, 0.2) is 78.4 Å². The Bertz CT molecular complexity index is 1410. The van der Waals surface area contributed by atoms with Gasteiger partial charge in [-0.15, -0.1) is 0 Å². The fraction of sp³-hybridized carbons (Fsp3) is 0.172. The molecule has 2 N–H and O–H groups in total. The van der Waals surface area contributed by atoms with E-state index < -0.39 is 0 Å². The molecule has 0 radical (unpaired) electrons. The van der Waals surface area contributed by atoms with E-state index >= 15 is 0 Å². The Kier molecular flexibility index (Phi) is 3.97. The predicted octanol–water partition coefficient (Wildman–Crippen LogP) is 7.43. The Morgan fingerprint density at radius 2 is 1.16 bits per heavy atom. The van der Waals surface area contributed by atoms with Gasteiger partial charge in [-0.1, -0.05) is 66.2 Å². The van der Waals surface area contributed by atoms with Crippen LogP contribution in [-0.4, -0.2) is 9.97 Å². The molecular formula is C29H26N2. The van der Waals surface area contributed by atoms with Crippen LogP contribution in [0.1, 0.15) is 46.5 Å². The van der Waals surface area contributed by atoms with Crippen molar-refractivity contribution in [1.82, 2.24) is 9.97 Å². The molecule has 6 rings (SSSR count). The second kappa shape index (κ2) is 6.75. The molecule has 2 aromatic heterocycles. The van der Waals surface area contributed by atoms with Crippen molar-refractivity contribution < 1.29 is 0 Å². The molecule has 0 unspecified atom stereocenters. The molecule has 5 aromatic rings. The second-order valence-corrected chi connectivity index (χ2v) is 8.88. The van der Waals surface area contributed by atoms with Crippen LogP contribution < -0.4 is 0 Å². The van der Waals surface area contributed by atoms with Crippen LogP contribution in [0.4, 0.5) is 0 Å². The van der Waals surface area contributed by atoms with E-state index in [1.54, 1.807) is 0 Å². The lowest BCUT2D eigenvalue weighted by atomic mass is 9.79. The fourth-order valence-electron chi connectivity index (χ4n) is 5.72. The first kappa shape index (κ1) is 18.3. The maximum atomic E-state index is 3.67. The molecule has 0 saturated carbocycles. The maximum Gasteiger partial charge on any atom is 0.0459 e. The first-order valence-corrected chi connectivity index (χ1v) is 11.1. The van der Waals surface area contributed by atoms with Crippen molar-refractivity contribution in [2.24, 2.45) is 0 Å². The van der Waals surface area contributed by atoms with E-state index in [2.05, 4.69) is 104 Å². The summed E-state index contributed by atoms with van der Waals surface area (Å²) in [4.78, 5) is 7.33. The third-order valence-corrected chi connectivity index (χ3v) is 6.98. The minimum absolute atomic E-state index is 0.177. The molecule has 2 nitrogen and oxygen atoms in total. The zero-order valence-corrected chi connectivity index (χ0v) is 18.2. The summed E-state index contributed by atoms with van der Waals surface area (Å²) >= 11 is 0. The quantitative estimate of drug-likeness (QED) is 0.314. The smallest absolute Gasteiger partial charge is 0.0459 e. The molecular weight excluding hydrogens is 376 g/mol. The second-order valence-electron chi connectivity index (χ2n) is 8.88. The summed E-state index contributed by atoms with van der Waals surface area (Å²) in [6.07, 6.45) is 1.03. The molecule has 0 atom stereocenters. The Hall–Kier alpha value is -3.52. The Labute approximate surface area is 182 Å². The van der Waals surface area contributed by atoms with Gasteiger partial charge in [0.1, 0.15) is 0 Å². The van der Waals surface area contributed by atoms with Crippen LogP contribution in [-0.2, 0) is 6.42 Å². The SMILES string of the molecule is CC1=C(C(c2c(C)[nH]c3ccccc23)c2c(C)[nH]c3ccccc23)c2ccccc2C1. The van der Waals surface area contributed by atoms with Crippen molar-refractivity contribution >= 4 is 27.4 Å². The highest BCUT2D eigenvalue weighted by atomic mass is 14.7. The molecule has 1 aliphatic rings. The van der Waals surface area contributed by atoms with Gasteiger partial charge in [0.2, 0.25) is 0 Å². The minimum Gasteiger partial charge on any atom is -0.358 e. The molecule has 0 amide bonds. The maximum absolute atomic E-state index is 3.67. The van der Waals surface area contributed by atoms with Crippen molar-refractivity contribution in [3.63, 3.8) is 0 Å². The number of hydrogen-bond acceptors (Lipinski definition) is 0. The van der Waals surface area contributed by atoms with Gasteiger partial charge in [0.15, 0.2) is 0 Å². The van der Waals surface area contributed by atoms with E-state index in [0.29, 0.717) is 0 Å². The zero-order chi connectivity index (χ0) is 21.1. The van der Waals surface area contributed by atoms with Crippen LogP contribution in [0.3, 0.4) is 0 Å². The summed E-state index contributed by atoms with van der Waals surface area (Å²) in [6.45, 7) is 6.77. The lowest BCUT2D eigenvalue weighted by Crippen LogP contribution is -2.07. The lowest BCUT2D eigenvalue weighted by molar-refractivity contribution is 1.01. The van der Waals surface area contributed by atoms with E-state index in [1.807, 2.05) is 0 Å². The molecule has 2 heterocycles. The number of aromatic amines is 2. The number of nitrogens with one attached hydrogen (secondary N) is 2. The van der Waals surface area contributed by atoms with Crippen LogP contribution in [0.5, 0.6) is 0 Å². The molecule has 31 heavy (non-hydrogen) atoms. The van der Waals surface area contributed by atoms with Crippen molar-refractivity contribution in [1.29, 1.82) is 0 Å². The minimum atomic E-state index is 0.177. The summed E-state index contributed by atoms with van der Waals surface area (Å²) in [6, 6.07) is 26.4. The molecule has 3 aromatic carbocycles. The van der Waals surface area contributed by atoms with E-state index in [1.165, 1.54) is 66.6 Å². The highest BCUT2D eigenvalue weighted by molar-refractivity contribution is 5.96. The van der Waals surface area contributed by atoms with Crippen LogP contribution >= 0.6 is 0 Å². The number of rotatable bonds is 3. The number of para-hydroxylation sites is 2. The van der Waals surface area contributed by atoms with Gasteiger partial charge >= 0.3 is 0 Å². The molecule has 2 heteroatoms. The molecule has 0 saturated heterocycles. The fourth-order valence-corrected chi connectivity index (χ4v) is 5.72. The molecule has 1 aliphatic carbocycles.